The lowest BCUT2D eigenvalue weighted by atomic mass is 10.1. The molecule has 0 aliphatic heterocycles. The van der Waals surface area contributed by atoms with Gasteiger partial charge in [0.2, 0.25) is 0 Å². The summed E-state index contributed by atoms with van der Waals surface area (Å²) in [5, 5.41) is 3.97. The fourth-order valence-corrected chi connectivity index (χ4v) is 3.24. The van der Waals surface area contributed by atoms with Crippen LogP contribution < -0.4 is 5.32 Å². The molecule has 0 aliphatic rings. The van der Waals surface area contributed by atoms with Gasteiger partial charge in [-0.15, -0.1) is 0 Å². The van der Waals surface area contributed by atoms with E-state index in [4.69, 9.17) is 4.98 Å². The number of hydrogen-bond donors (Lipinski definition) is 2. The molecule has 2 N–H and O–H groups in total. The Hall–Kier alpha value is -3.73. The molecule has 5 rings (SSSR count). The lowest BCUT2D eigenvalue weighted by molar-refractivity contribution is 0.102. The van der Waals surface area contributed by atoms with Gasteiger partial charge in [-0.3, -0.25) is 4.79 Å². The highest BCUT2D eigenvalue weighted by molar-refractivity contribution is 6.07. The molecule has 0 saturated heterocycles. The first-order valence-corrected chi connectivity index (χ1v) is 8.74. The van der Waals surface area contributed by atoms with E-state index in [9.17, 15) is 4.79 Å². The predicted molar refractivity (Wildman–Crippen MR) is 108 cm³/mol. The highest BCUT2D eigenvalue weighted by Crippen LogP contribution is 2.25. The van der Waals surface area contributed by atoms with Gasteiger partial charge in [-0.25, -0.2) is 9.97 Å². The van der Waals surface area contributed by atoms with Crippen LogP contribution in [0, 0.1) is 6.92 Å². The summed E-state index contributed by atoms with van der Waals surface area (Å²) in [5.41, 5.74) is 6.57. The van der Waals surface area contributed by atoms with Crippen molar-refractivity contribution in [1.82, 2.24) is 15.0 Å². The zero-order chi connectivity index (χ0) is 18.4. The zero-order valence-electron chi connectivity index (χ0n) is 14.7. The van der Waals surface area contributed by atoms with Gasteiger partial charge in [-0.05, 0) is 43.3 Å². The summed E-state index contributed by atoms with van der Waals surface area (Å²) in [6.45, 7) is 2.00. The van der Waals surface area contributed by atoms with Crippen molar-refractivity contribution >= 4 is 44.7 Å². The molecule has 2 aromatic heterocycles. The van der Waals surface area contributed by atoms with Crippen LogP contribution >= 0.6 is 0 Å². The lowest BCUT2D eigenvalue weighted by Crippen LogP contribution is -2.11. The minimum absolute atomic E-state index is 0.143. The molecule has 27 heavy (non-hydrogen) atoms. The average Bonchev–Trinajstić information content (AvgIpc) is 3.04. The largest absolute Gasteiger partial charge is 0.338 e. The van der Waals surface area contributed by atoms with Crippen LogP contribution in [0.15, 0.2) is 66.7 Å². The van der Waals surface area contributed by atoms with E-state index in [1.807, 2.05) is 73.7 Å². The van der Waals surface area contributed by atoms with Gasteiger partial charge >= 0.3 is 0 Å². The van der Waals surface area contributed by atoms with E-state index in [2.05, 4.69) is 15.3 Å². The Morgan fingerprint density at radius 1 is 0.926 bits per heavy atom. The number of nitrogens with zero attached hydrogens (tertiary/aromatic N) is 2. The Balaban J connectivity index is 1.55. The molecule has 0 atom stereocenters. The Labute approximate surface area is 155 Å². The number of carbonyl (C=O) groups is 1. The monoisotopic (exact) mass is 352 g/mol. The number of para-hydroxylation sites is 1. The first kappa shape index (κ1) is 15.5. The van der Waals surface area contributed by atoms with Crippen molar-refractivity contribution in [3.05, 3.63) is 77.9 Å². The normalized spacial score (nSPS) is 11.3. The van der Waals surface area contributed by atoms with Gasteiger partial charge in [-0.2, -0.15) is 0 Å². The molecule has 0 aliphatic carbocycles. The molecular weight excluding hydrogens is 336 g/mol. The maximum absolute atomic E-state index is 12.5. The molecule has 0 bridgehead atoms. The second kappa shape index (κ2) is 5.92. The van der Waals surface area contributed by atoms with Crippen LogP contribution in [0.2, 0.25) is 0 Å². The van der Waals surface area contributed by atoms with Crippen LogP contribution in [0.3, 0.4) is 0 Å². The highest BCUT2D eigenvalue weighted by atomic mass is 16.1. The summed E-state index contributed by atoms with van der Waals surface area (Å²) in [5.74, 6) is -0.143. The maximum atomic E-state index is 12.5. The second-order valence-corrected chi connectivity index (χ2v) is 6.62. The van der Waals surface area contributed by atoms with Crippen molar-refractivity contribution < 1.29 is 4.79 Å². The number of H-pyrrole nitrogens is 1. The van der Waals surface area contributed by atoms with Crippen LogP contribution in [0.25, 0.3) is 33.1 Å². The van der Waals surface area contributed by atoms with E-state index in [0.717, 1.165) is 38.7 Å². The van der Waals surface area contributed by atoms with Crippen molar-refractivity contribution in [3.63, 3.8) is 0 Å². The second-order valence-electron chi connectivity index (χ2n) is 6.62. The molecule has 5 aromatic rings. The fraction of sp³-hybridized carbons (Fsp3) is 0.0455. The van der Waals surface area contributed by atoms with E-state index in [1.165, 1.54) is 0 Å². The molecule has 130 valence electrons. The molecule has 1 amide bonds. The summed E-state index contributed by atoms with van der Waals surface area (Å²) in [7, 11) is 0. The number of fused-ring (bicyclic) bond motifs is 4. The minimum Gasteiger partial charge on any atom is -0.338 e. The Morgan fingerprint density at radius 2 is 1.74 bits per heavy atom. The number of aryl methyl sites for hydroxylation is 1. The van der Waals surface area contributed by atoms with Crippen LogP contribution in [0.4, 0.5) is 5.69 Å². The summed E-state index contributed by atoms with van der Waals surface area (Å²) in [6, 6.07) is 21.1. The fourth-order valence-electron chi connectivity index (χ4n) is 3.24. The van der Waals surface area contributed by atoms with Crippen molar-refractivity contribution in [2.75, 3.05) is 5.32 Å². The average molecular weight is 352 g/mol. The molecular formula is C22H16N4O. The summed E-state index contributed by atoms with van der Waals surface area (Å²) >= 11 is 0. The quantitative estimate of drug-likeness (QED) is 0.478. The molecule has 0 fully saturated rings. The van der Waals surface area contributed by atoms with Crippen molar-refractivity contribution in [3.8, 4) is 0 Å². The molecule has 5 nitrogen and oxygen atoms in total. The zero-order valence-corrected chi connectivity index (χ0v) is 14.7. The Morgan fingerprint density at radius 3 is 2.59 bits per heavy atom. The summed E-state index contributed by atoms with van der Waals surface area (Å²) < 4.78 is 0. The number of rotatable bonds is 2. The molecule has 2 heterocycles. The topological polar surface area (TPSA) is 70.7 Å². The number of amides is 1. The molecule has 0 saturated carbocycles. The van der Waals surface area contributed by atoms with Crippen LogP contribution in [0.1, 0.15) is 15.9 Å². The van der Waals surface area contributed by atoms with Gasteiger partial charge < -0.3 is 10.3 Å². The third-order valence-electron chi connectivity index (χ3n) is 4.67. The van der Waals surface area contributed by atoms with Crippen molar-refractivity contribution in [2.45, 2.75) is 6.92 Å². The van der Waals surface area contributed by atoms with Gasteiger partial charge in [0.1, 0.15) is 5.52 Å². The molecule has 0 spiro atoms. The third kappa shape index (κ3) is 2.69. The number of benzene rings is 3. The van der Waals surface area contributed by atoms with Crippen LogP contribution in [-0.4, -0.2) is 20.9 Å². The third-order valence-corrected chi connectivity index (χ3v) is 4.67. The number of aromatic amines is 1. The van der Waals surface area contributed by atoms with E-state index in [0.29, 0.717) is 11.3 Å². The van der Waals surface area contributed by atoms with E-state index in [1.54, 1.807) is 0 Å². The summed E-state index contributed by atoms with van der Waals surface area (Å²) in [6.07, 6.45) is 0. The molecule has 5 heteroatoms. The van der Waals surface area contributed by atoms with Gasteiger partial charge in [0.15, 0.2) is 5.65 Å². The Kier molecular flexibility index (Phi) is 3.40. The minimum atomic E-state index is -0.143. The van der Waals surface area contributed by atoms with Crippen molar-refractivity contribution in [2.24, 2.45) is 0 Å². The van der Waals surface area contributed by atoms with Crippen molar-refractivity contribution in [1.29, 1.82) is 0 Å². The van der Waals surface area contributed by atoms with Crippen LogP contribution in [0.5, 0.6) is 0 Å². The Bertz CT molecular complexity index is 1320. The predicted octanol–water partition coefficient (Wildman–Crippen LogP) is 4.83. The van der Waals surface area contributed by atoms with E-state index in [-0.39, 0.29) is 5.91 Å². The van der Waals surface area contributed by atoms with Crippen LogP contribution in [-0.2, 0) is 0 Å². The molecule has 0 radical (unpaired) electrons. The standard InChI is InChI=1S/C22H16N4O/c1-13-6-8-14(9-7-13)22(27)23-15-10-11-18-19(12-15)24-20-16-4-2-3-5-17(16)25-21(20)26-18/h2-12H,1H3,(H,23,27)(H,25,26). The SMILES string of the molecule is Cc1ccc(C(=O)Nc2ccc3nc4[nH]c5ccccc5c4nc3c2)cc1. The first-order valence-electron chi connectivity index (χ1n) is 8.74. The number of aromatic nitrogens is 3. The van der Waals surface area contributed by atoms with E-state index >= 15 is 0 Å². The number of anilines is 1. The lowest BCUT2D eigenvalue weighted by Gasteiger charge is -2.06. The first-order chi connectivity index (χ1) is 13.2. The number of hydrogen-bond acceptors (Lipinski definition) is 3. The summed E-state index contributed by atoms with van der Waals surface area (Å²) in [4.78, 5) is 25.2. The smallest absolute Gasteiger partial charge is 0.255 e. The maximum Gasteiger partial charge on any atom is 0.255 e. The van der Waals surface area contributed by atoms with Gasteiger partial charge in [-0.1, -0.05) is 35.9 Å². The highest BCUT2D eigenvalue weighted by Gasteiger charge is 2.10. The van der Waals surface area contributed by atoms with E-state index < -0.39 is 0 Å². The number of carbonyl (C=O) groups excluding carboxylic acids is 1. The van der Waals surface area contributed by atoms with Gasteiger partial charge in [0.25, 0.3) is 5.91 Å². The van der Waals surface area contributed by atoms with Gasteiger partial charge in [0.05, 0.1) is 11.0 Å². The molecule has 0 unspecified atom stereocenters. The van der Waals surface area contributed by atoms with Gasteiger partial charge in [0, 0.05) is 22.2 Å². The number of nitrogens with one attached hydrogen (secondary N) is 2. The molecule has 3 aromatic carbocycles.